The van der Waals surface area contributed by atoms with Crippen LogP contribution in [-0.2, 0) is 15.6 Å². The van der Waals surface area contributed by atoms with E-state index in [-0.39, 0.29) is 11.7 Å². The first kappa shape index (κ1) is 14.7. The molecule has 0 saturated carbocycles. The molecule has 0 radical (unpaired) electrons. The number of rotatable bonds is 5. The second-order valence-corrected chi connectivity index (χ2v) is 5.52. The van der Waals surface area contributed by atoms with Crippen molar-refractivity contribution in [2.24, 2.45) is 0 Å². The highest BCUT2D eigenvalue weighted by atomic mass is 32.2. The number of hydrogen-bond donors (Lipinski definition) is 1. The van der Waals surface area contributed by atoms with E-state index >= 15 is 0 Å². The molecule has 1 aromatic carbocycles. The number of nitrogens with two attached hydrogens (primary N) is 1. The van der Waals surface area contributed by atoms with Gasteiger partial charge in [0.05, 0.1) is 15.7 Å². The molecule has 1 aromatic rings. The monoisotopic (exact) mass is 268 g/mol. The Morgan fingerprint density at radius 3 is 2.50 bits per heavy atom. The summed E-state index contributed by atoms with van der Waals surface area (Å²) >= 11 is 0. The van der Waals surface area contributed by atoms with Crippen LogP contribution in [0.25, 0.3) is 0 Å². The van der Waals surface area contributed by atoms with Gasteiger partial charge in [-0.1, -0.05) is 6.07 Å². The molecule has 0 aliphatic rings. The molecule has 18 heavy (non-hydrogen) atoms. The second-order valence-electron chi connectivity index (χ2n) is 4.10. The molecular weight excluding hydrogens is 248 g/mol. The Bertz CT molecular complexity index is 456. The predicted molar refractivity (Wildman–Crippen MR) is 74.8 cm³/mol. The van der Waals surface area contributed by atoms with E-state index < -0.39 is 10.8 Å². The lowest BCUT2D eigenvalue weighted by Gasteiger charge is -2.18. The summed E-state index contributed by atoms with van der Waals surface area (Å²) in [4.78, 5) is 14.1. The zero-order valence-corrected chi connectivity index (χ0v) is 11.9. The predicted octanol–water partition coefficient (Wildman–Crippen LogP) is 1.55. The van der Waals surface area contributed by atoms with E-state index in [1.54, 1.807) is 17.0 Å². The highest BCUT2D eigenvalue weighted by Gasteiger charge is 2.16. The quantitative estimate of drug-likeness (QED) is 0.824. The van der Waals surface area contributed by atoms with Crippen LogP contribution < -0.4 is 5.73 Å². The molecule has 0 fully saturated rings. The summed E-state index contributed by atoms with van der Waals surface area (Å²) in [5.74, 6) is -0.103. The average Bonchev–Trinajstić information content (AvgIpc) is 2.33. The van der Waals surface area contributed by atoms with E-state index in [0.717, 1.165) is 5.56 Å². The zero-order chi connectivity index (χ0) is 13.7. The Labute approximate surface area is 111 Å². The standard InChI is InChI=1S/C13H20N2O2S/c1-4-15(5-2)13(16)9-18(17)12-8-10(3)6-7-11(12)14/h6-8H,4-5,9,14H2,1-3H3. The SMILES string of the molecule is CCN(CC)C(=O)CS(=O)c1cc(C)ccc1N. The first-order chi connectivity index (χ1) is 8.49. The van der Waals surface area contributed by atoms with Crippen molar-refractivity contribution >= 4 is 22.4 Å². The van der Waals surface area contributed by atoms with Gasteiger partial charge in [0.15, 0.2) is 0 Å². The minimum absolute atomic E-state index is 0.00463. The highest BCUT2D eigenvalue weighted by Crippen LogP contribution is 2.18. The van der Waals surface area contributed by atoms with E-state index in [1.165, 1.54) is 0 Å². The Hall–Kier alpha value is -1.36. The van der Waals surface area contributed by atoms with Crippen molar-refractivity contribution < 1.29 is 9.00 Å². The third-order valence-corrected chi connectivity index (χ3v) is 4.14. The van der Waals surface area contributed by atoms with Gasteiger partial charge in [-0.2, -0.15) is 0 Å². The van der Waals surface area contributed by atoms with Gasteiger partial charge >= 0.3 is 0 Å². The van der Waals surface area contributed by atoms with Gasteiger partial charge in [-0.15, -0.1) is 0 Å². The van der Waals surface area contributed by atoms with Crippen LogP contribution in [0.2, 0.25) is 0 Å². The molecule has 100 valence electrons. The van der Waals surface area contributed by atoms with Crippen LogP contribution in [-0.4, -0.2) is 33.9 Å². The molecule has 0 bridgehead atoms. The summed E-state index contributed by atoms with van der Waals surface area (Å²) in [7, 11) is -1.38. The molecule has 5 heteroatoms. The van der Waals surface area contributed by atoms with Crippen molar-refractivity contribution in [1.29, 1.82) is 0 Å². The molecule has 4 nitrogen and oxygen atoms in total. The molecule has 0 aliphatic heterocycles. The Morgan fingerprint density at radius 2 is 1.94 bits per heavy atom. The molecule has 0 spiro atoms. The van der Waals surface area contributed by atoms with E-state index in [0.29, 0.717) is 23.7 Å². The normalized spacial score (nSPS) is 12.2. The van der Waals surface area contributed by atoms with Crippen LogP contribution in [0.15, 0.2) is 23.1 Å². The molecule has 2 N–H and O–H groups in total. The summed E-state index contributed by atoms with van der Waals surface area (Å²) in [6, 6.07) is 5.37. The lowest BCUT2D eigenvalue weighted by Crippen LogP contribution is -2.34. The van der Waals surface area contributed by atoms with Gasteiger partial charge < -0.3 is 10.6 Å². The topological polar surface area (TPSA) is 63.4 Å². The van der Waals surface area contributed by atoms with Gasteiger partial charge in [0, 0.05) is 18.8 Å². The summed E-state index contributed by atoms with van der Waals surface area (Å²) in [5, 5.41) is 0. The van der Waals surface area contributed by atoms with Crippen LogP contribution in [0, 0.1) is 6.92 Å². The average molecular weight is 268 g/mol. The van der Waals surface area contributed by atoms with Crippen LogP contribution in [0.5, 0.6) is 0 Å². The minimum atomic E-state index is -1.38. The highest BCUT2D eigenvalue weighted by molar-refractivity contribution is 7.86. The van der Waals surface area contributed by atoms with Crippen molar-refractivity contribution in [1.82, 2.24) is 4.90 Å². The first-order valence-electron chi connectivity index (χ1n) is 6.01. The minimum Gasteiger partial charge on any atom is -0.398 e. The van der Waals surface area contributed by atoms with Crippen molar-refractivity contribution in [3.8, 4) is 0 Å². The molecule has 0 saturated heterocycles. The molecular formula is C13H20N2O2S. The van der Waals surface area contributed by atoms with E-state index in [9.17, 15) is 9.00 Å². The maximum absolute atomic E-state index is 12.1. The third-order valence-electron chi connectivity index (χ3n) is 2.79. The number of nitrogen functional groups attached to an aromatic ring is 1. The first-order valence-corrected chi connectivity index (χ1v) is 7.33. The molecule has 1 atom stereocenters. The number of amides is 1. The van der Waals surface area contributed by atoms with Gasteiger partial charge in [-0.05, 0) is 38.5 Å². The number of benzene rings is 1. The molecule has 0 aromatic heterocycles. The lowest BCUT2D eigenvalue weighted by molar-refractivity contribution is -0.128. The molecule has 0 heterocycles. The summed E-state index contributed by atoms with van der Waals surface area (Å²) in [6.45, 7) is 6.99. The van der Waals surface area contributed by atoms with Crippen molar-refractivity contribution in [3.63, 3.8) is 0 Å². The molecule has 1 unspecified atom stereocenters. The van der Waals surface area contributed by atoms with Crippen molar-refractivity contribution in [2.75, 3.05) is 24.6 Å². The fourth-order valence-corrected chi connectivity index (χ4v) is 2.91. The van der Waals surface area contributed by atoms with Crippen molar-refractivity contribution in [3.05, 3.63) is 23.8 Å². The van der Waals surface area contributed by atoms with Crippen LogP contribution in [0.4, 0.5) is 5.69 Å². The van der Waals surface area contributed by atoms with Crippen LogP contribution in [0.3, 0.4) is 0 Å². The number of nitrogens with zero attached hydrogens (tertiary/aromatic N) is 1. The Balaban J connectivity index is 2.82. The van der Waals surface area contributed by atoms with Crippen molar-refractivity contribution in [2.45, 2.75) is 25.7 Å². The second kappa shape index (κ2) is 6.54. The van der Waals surface area contributed by atoms with Gasteiger partial charge in [-0.3, -0.25) is 9.00 Å². The van der Waals surface area contributed by atoms with Gasteiger partial charge in [0.2, 0.25) is 5.91 Å². The van der Waals surface area contributed by atoms with E-state index in [2.05, 4.69) is 0 Å². The molecule has 1 amide bonds. The maximum atomic E-state index is 12.1. The number of anilines is 1. The number of carbonyl (C=O) groups is 1. The number of aryl methyl sites for hydroxylation is 1. The summed E-state index contributed by atoms with van der Waals surface area (Å²) in [6.07, 6.45) is 0. The maximum Gasteiger partial charge on any atom is 0.235 e. The fraction of sp³-hybridized carbons (Fsp3) is 0.462. The fourth-order valence-electron chi connectivity index (χ4n) is 1.70. The van der Waals surface area contributed by atoms with Crippen LogP contribution in [0.1, 0.15) is 19.4 Å². The molecule has 0 aliphatic carbocycles. The number of hydrogen-bond acceptors (Lipinski definition) is 3. The lowest BCUT2D eigenvalue weighted by atomic mass is 10.2. The number of carbonyl (C=O) groups excluding carboxylic acids is 1. The Morgan fingerprint density at radius 1 is 1.33 bits per heavy atom. The Kier molecular flexibility index (Phi) is 5.34. The van der Waals surface area contributed by atoms with E-state index in [1.807, 2.05) is 26.8 Å². The van der Waals surface area contributed by atoms with E-state index in [4.69, 9.17) is 5.73 Å². The largest absolute Gasteiger partial charge is 0.398 e. The summed E-state index contributed by atoms with van der Waals surface area (Å²) in [5.41, 5.74) is 7.26. The van der Waals surface area contributed by atoms with Gasteiger partial charge in [-0.25, -0.2) is 0 Å². The smallest absolute Gasteiger partial charge is 0.235 e. The third kappa shape index (κ3) is 3.57. The van der Waals surface area contributed by atoms with Gasteiger partial charge in [0.25, 0.3) is 0 Å². The summed E-state index contributed by atoms with van der Waals surface area (Å²) < 4.78 is 12.1. The molecule has 1 rings (SSSR count). The zero-order valence-electron chi connectivity index (χ0n) is 11.1. The van der Waals surface area contributed by atoms with Crippen LogP contribution >= 0.6 is 0 Å². The van der Waals surface area contributed by atoms with Gasteiger partial charge in [0.1, 0.15) is 5.75 Å².